The van der Waals surface area contributed by atoms with Crippen molar-refractivity contribution in [3.8, 4) is 0 Å². The van der Waals surface area contributed by atoms with Gasteiger partial charge in [0.2, 0.25) is 0 Å². The lowest BCUT2D eigenvalue weighted by molar-refractivity contribution is 0.0635. The summed E-state index contributed by atoms with van der Waals surface area (Å²) in [7, 11) is 0. The summed E-state index contributed by atoms with van der Waals surface area (Å²) in [4.78, 5) is 24.0. The molecule has 1 aliphatic carbocycles. The molecular formula is C15H22N2O3. The summed E-state index contributed by atoms with van der Waals surface area (Å²) in [6.45, 7) is 7.47. The standard InChI is InChI=1S/C15H22N2O3/c1-5-10-9-12(10)17-8-6-7-11(13(17)18)16-14(19)20-15(2,3)4/h6-8,10,12H,5,9H2,1-4H3,(H,16,19). The van der Waals surface area contributed by atoms with E-state index in [1.54, 1.807) is 43.7 Å². The quantitative estimate of drug-likeness (QED) is 0.923. The molecular weight excluding hydrogens is 256 g/mol. The van der Waals surface area contributed by atoms with Crippen LogP contribution >= 0.6 is 0 Å². The van der Waals surface area contributed by atoms with E-state index >= 15 is 0 Å². The van der Waals surface area contributed by atoms with Crippen LogP contribution in [0.25, 0.3) is 0 Å². The third-order valence-electron chi connectivity index (χ3n) is 3.38. The van der Waals surface area contributed by atoms with E-state index in [0.717, 1.165) is 12.8 Å². The number of carbonyl (C=O) groups excluding carboxylic acids is 1. The van der Waals surface area contributed by atoms with Gasteiger partial charge in [-0.05, 0) is 45.2 Å². The van der Waals surface area contributed by atoms with E-state index in [9.17, 15) is 9.59 Å². The predicted molar refractivity (Wildman–Crippen MR) is 78.0 cm³/mol. The van der Waals surface area contributed by atoms with Gasteiger partial charge >= 0.3 is 6.09 Å². The Morgan fingerprint density at radius 3 is 2.75 bits per heavy atom. The minimum absolute atomic E-state index is 0.167. The summed E-state index contributed by atoms with van der Waals surface area (Å²) in [5.74, 6) is 0.574. The molecule has 1 aliphatic rings. The monoisotopic (exact) mass is 278 g/mol. The number of aromatic nitrogens is 1. The first-order chi connectivity index (χ1) is 9.31. The van der Waals surface area contributed by atoms with Crippen LogP contribution in [0.5, 0.6) is 0 Å². The number of amides is 1. The molecule has 0 aliphatic heterocycles. The van der Waals surface area contributed by atoms with Crippen molar-refractivity contribution in [1.29, 1.82) is 0 Å². The molecule has 20 heavy (non-hydrogen) atoms. The summed E-state index contributed by atoms with van der Waals surface area (Å²) >= 11 is 0. The van der Waals surface area contributed by atoms with Gasteiger partial charge in [-0.2, -0.15) is 0 Å². The van der Waals surface area contributed by atoms with Gasteiger partial charge in [-0.1, -0.05) is 13.3 Å². The number of hydrogen-bond donors (Lipinski definition) is 1. The lowest BCUT2D eigenvalue weighted by Gasteiger charge is -2.19. The largest absolute Gasteiger partial charge is 0.444 e. The van der Waals surface area contributed by atoms with Crippen molar-refractivity contribution in [2.75, 3.05) is 5.32 Å². The van der Waals surface area contributed by atoms with Gasteiger partial charge in [-0.25, -0.2) is 4.79 Å². The third kappa shape index (κ3) is 3.40. The highest BCUT2D eigenvalue weighted by Crippen LogP contribution is 2.44. The van der Waals surface area contributed by atoms with E-state index in [0.29, 0.717) is 5.92 Å². The van der Waals surface area contributed by atoms with Crippen LogP contribution in [0.3, 0.4) is 0 Å². The van der Waals surface area contributed by atoms with Crippen LogP contribution in [0.2, 0.25) is 0 Å². The Balaban J connectivity index is 2.12. The number of nitrogens with one attached hydrogen (secondary N) is 1. The maximum Gasteiger partial charge on any atom is 0.412 e. The summed E-state index contributed by atoms with van der Waals surface area (Å²) < 4.78 is 6.87. The van der Waals surface area contributed by atoms with E-state index in [-0.39, 0.29) is 17.3 Å². The molecule has 1 heterocycles. The second-order valence-electron chi connectivity index (χ2n) is 6.23. The maximum atomic E-state index is 12.3. The molecule has 1 N–H and O–H groups in total. The van der Waals surface area contributed by atoms with Gasteiger partial charge < -0.3 is 9.30 Å². The highest BCUT2D eigenvalue weighted by molar-refractivity contribution is 5.84. The molecule has 110 valence electrons. The van der Waals surface area contributed by atoms with Crippen molar-refractivity contribution in [3.05, 3.63) is 28.7 Å². The zero-order chi connectivity index (χ0) is 14.9. The minimum atomic E-state index is -0.602. The first kappa shape index (κ1) is 14.6. The lowest BCUT2D eigenvalue weighted by Crippen LogP contribution is -2.30. The molecule has 2 rings (SSSR count). The average molecular weight is 278 g/mol. The number of carbonyl (C=O) groups is 1. The minimum Gasteiger partial charge on any atom is -0.444 e. The molecule has 1 amide bonds. The SMILES string of the molecule is CCC1CC1n1cccc(NC(=O)OC(C)(C)C)c1=O. The summed E-state index contributed by atoms with van der Waals surface area (Å²) in [5, 5.41) is 2.53. The van der Waals surface area contributed by atoms with Crippen molar-refractivity contribution in [1.82, 2.24) is 4.57 Å². The molecule has 0 saturated heterocycles. The molecule has 1 fully saturated rings. The topological polar surface area (TPSA) is 60.3 Å². The van der Waals surface area contributed by atoms with Crippen LogP contribution in [0, 0.1) is 5.92 Å². The Labute approximate surface area is 118 Å². The summed E-state index contributed by atoms with van der Waals surface area (Å²) in [6, 6.07) is 3.65. The fourth-order valence-corrected chi connectivity index (χ4v) is 2.29. The van der Waals surface area contributed by atoms with E-state index in [1.165, 1.54) is 0 Å². The van der Waals surface area contributed by atoms with Crippen LogP contribution in [-0.2, 0) is 4.74 Å². The molecule has 5 heteroatoms. The second-order valence-corrected chi connectivity index (χ2v) is 6.23. The van der Waals surface area contributed by atoms with Gasteiger partial charge in [0.1, 0.15) is 11.3 Å². The van der Waals surface area contributed by atoms with Crippen LogP contribution in [-0.4, -0.2) is 16.3 Å². The molecule has 1 aromatic rings. The molecule has 0 spiro atoms. The van der Waals surface area contributed by atoms with Crippen molar-refractivity contribution in [2.24, 2.45) is 5.92 Å². The first-order valence-electron chi connectivity index (χ1n) is 7.03. The molecule has 1 saturated carbocycles. The van der Waals surface area contributed by atoms with E-state index < -0.39 is 11.7 Å². The van der Waals surface area contributed by atoms with E-state index in [2.05, 4.69) is 12.2 Å². The Bertz CT molecular complexity index is 557. The number of anilines is 1. The Kier molecular flexibility index (Phi) is 3.88. The Morgan fingerprint density at radius 2 is 2.20 bits per heavy atom. The maximum absolute atomic E-state index is 12.3. The van der Waals surface area contributed by atoms with Gasteiger partial charge in [0.25, 0.3) is 5.56 Å². The number of ether oxygens (including phenoxy) is 1. The molecule has 2 atom stereocenters. The van der Waals surface area contributed by atoms with Gasteiger partial charge in [0.05, 0.1) is 0 Å². The van der Waals surface area contributed by atoms with Crippen molar-refractivity contribution < 1.29 is 9.53 Å². The zero-order valence-corrected chi connectivity index (χ0v) is 12.5. The van der Waals surface area contributed by atoms with Crippen molar-refractivity contribution >= 4 is 11.8 Å². The van der Waals surface area contributed by atoms with Crippen LogP contribution < -0.4 is 10.9 Å². The van der Waals surface area contributed by atoms with Crippen molar-refractivity contribution in [3.63, 3.8) is 0 Å². The van der Waals surface area contributed by atoms with Crippen molar-refractivity contribution in [2.45, 2.75) is 52.2 Å². The summed E-state index contributed by atoms with van der Waals surface area (Å²) in [6.07, 6.45) is 3.28. The van der Waals surface area contributed by atoms with Crippen LogP contribution in [0.15, 0.2) is 23.1 Å². The fraction of sp³-hybridized carbons (Fsp3) is 0.600. The van der Waals surface area contributed by atoms with Gasteiger partial charge in [0.15, 0.2) is 0 Å². The fourth-order valence-electron chi connectivity index (χ4n) is 2.29. The number of hydrogen-bond acceptors (Lipinski definition) is 3. The third-order valence-corrected chi connectivity index (χ3v) is 3.38. The highest BCUT2D eigenvalue weighted by atomic mass is 16.6. The molecule has 2 unspecified atom stereocenters. The van der Waals surface area contributed by atoms with Gasteiger partial charge in [-0.3, -0.25) is 10.1 Å². The van der Waals surface area contributed by atoms with Crippen LogP contribution in [0.1, 0.15) is 46.6 Å². The number of nitrogens with zero attached hydrogens (tertiary/aromatic N) is 1. The average Bonchev–Trinajstić information content (AvgIpc) is 3.08. The zero-order valence-electron chi connectivity index (χ0n) is 12.5. The highest BCUT2D eigenvalue weighted by Gasteiger charge is 2.37. The Hall–Kier alpha value is -1.78. The molecule has 1 aromatic heterocycles. The second kappa shape index (κ2) is 5.31. The molecule has 0 aromatic carbocycles. The number of rotatable bonds is 3. The molecule has 0 radical (unpaired) electrons. The van der Waals surface area contributed by atoms with E-state index in [1.807, 2.05) is 0 Å². The number of pyridine rings is 1. The summed E-state index contributed by atoms with van der Waals surface area (Å²) in [5.41, 5.74) is -0.482. The first-order valence-corrected chi connectivity index (χ1v) is 7.03. The smallest absolute Gasteiger partial charge is 0.412 e. The lowest BCUT2D eigenvalue weighted by atomic mass is 10.2. The Morgan fingerprint density at radius 1 is 1.50 bits per heavy atom. The van der Waals surface area contributed by atoms with Gasteiger partial charge in [0, 0.05) is 12.2 Å². The van der Waals surface area contributed by atoms with Gasteiger partial charge in [-0.15, -0.1) is 0 Å². The van der Waals surface area contributed by atoms with Crippen LogP contribution in [0.4, 0.5) is 10.5 Å². The normalized spacial score (nSPS) is 21.4. The van der Waals surface area contributed by atoms with E-state index in [4.69, 9.17) is 4.74 Å². The predicted octanol–water partition coefficient (Wildman–Crippen LogP) is 3.17. The molecule has 0 bridgehead atoms. The molecule has 5 nitrogen and oxygen atoms in total.